The van der Waals surface area contributed by atoms with Gasteiger partial charge in [0.2, 0.25) is 5.82 Å². The number of benzene rings is 1. The Balaban J connectivity index is 2.03. The van der Waals surface area contributed by atoms with Crippen LogP contribution in [-0.4, -0.2) is 9.55 Å². The van der Waals surface area contributed by atoms with Crippen molar-refractivity contribution >= 4 is 6.08 Å². The average molecular weight is 209 g/mol. The van der Waals surface area contributed by atoms with Crippen LogP contribution in [-0.2, 0) is 6.54 Å². The van der Waals surface area contributed by atoms with Crippen molar-refractivity contribution in [1.82, 2.24) is 9.55 Å². The lowest BCUT2D eigenvalue weighted by molar-refractivity contribution is 0.806. The Kier molecular flexibility index (Phi) is 3.15. The molecule has 78 valence electrons. The van der Waals surface area contributed by atoms with Crippen molar-refractivity contribution < 1.29 is 0 Å². The molecule has 1 aromatic carbocycles. The summed E-state index contributed by atoms with van der Waals surface area (Å²) in [5.74, 6) is 0.442. The molecule has 0 atom stereocenters. The van der Waals surface area contributed by atoms with Crippen LogP contribution >= 0.6 is 0 Å². The van der Waals surface area contributed by atoms with Gasteiger partial charge in [0, 0.05) is 18.9 Å². The summed E-state index contributed by atoms with van der Waals surface area (Å²) in [6.07, 6.45) is 7.47. The van der Waals surface area contributed by atoms with Gasteiger partial charge in [-0.2, -0.15) is 5.26 Å². The van der Waals surface area contributed by atoms with E-state index in [4.69, 9.17) is 5.26 Å². The van der Waals surface area contributed by atoms with E-state index in [-0.39, 0.29) is 0 Å². The molecule has 0 aliphatic heterocycles. The van der Waals surface area contributed by atoms with Crippen molar-refractivity contribution in [3.8, 4) is 6.07 Å². The quantitative estimate of drug-likeness (QED) is 0.779. The number of nitrogens with zero attached hydrogens (tertiary/aromatic N) is 3. The molecule has 1 aromatic heterocycles. The van der Waals surface area contributed by atoms with Crippen LogP contribution in [0, 0.1) is 11.3 Å². The van der Waals surface area contributed by atoms with E-state index >= 15 is 0 Å². The molecule has 2 rings (SSSR count). The van der Waals surface area contributed by atoms with Gasteiger partial charge in [0.05, 0.1) is 0 Å². The van der Waals surface area contributed by atoms with Gasteiger partial charge in [-0.25, -0.2) is 4.98 Å². The summed E-state index contributed by atoms with van der Waals surface area (Å²) in [4.78, 5) is 3.93. The number of allylic oxidation sites excluding steroid dienone is 1. The second-order valence-corrected chi connectivity index (χ2v) is 3.33. The molecule has 0 aliphatic rings. The Morgan fingerprint density at radius 2 is 2.12 bits per heavy atom. The number of imidazole rings is 1. The summed E-state index contributed by atoms with van der Waals surface area (Å²) in [5, 5.41) is 8.77. The monoisotopic (exact) mass is 209 g/mol. The van der Waals surface area contributed by atoms with Crippen molar-refractivity contribution in [2.75, 3.05) is 0 Å². The van der Waals surface area contributed by atoms with Gasteiger partial charge in [0.15, 0.2) is 0 Å². The minimum Gasteiger partial charge on any atom is -0.319 e. The summed E-state index contributed by atoms with van der Waals surface area (Å²) in [6, 6.07) is 12.1. The summed E-state index contributed by atoms with van der Waals surface area (Å²) in [6.45, 7) is 0.664. The van der Waals surface area contributed by atoms with Crippen molar-refractivity contribution in [2.24, 2.45) is 0 Å². The Morgan fingerprint density at radius 3 is 2.88 bits per heavy atom. The third-order valence-electron chi connectivity index (χ3n) is 2.23. The van der Waals surface area contributed by atoms with Crippen molar-refractivity contribution in [3.05, 3.63) is 60.2 Å². The van der Waals surface area contributed by atoms with Crippen LogP contribution in [0.25, 0.3) is 6.08 Å². The molecule has 0 N–H and O–H groups in total. The van der Waals surface area contributed by atoms with Crippen molar-refractivity contribution in [2.45, 2.75) is 6.54 Å². The molecule has 0 saturated carbocycles. The zero-order valence-electron chi connectivity index (χ0n) is 8.74. The Labute approximate surface area is 94.3 Å². The zero-order chi connectivity index (χ0) is 11.2. The number of hydrogen-bond acceptors (Lipinski definition) is 2. The molecule has 1 heterocycles. The maximum atomic E-state index is 8.77. The van der Waals surface area contributed by atoms with Gasteiger partial charge in [-0.15, -0.1) is 0 Å². The third-order valence-corrected chi connectivity index (χ3v) is 2.23. The van der Waals surface area contributed by atoms with Crippen LogP contribution in [0.1, 0.15) is 11.4 Å². The Bertz CT molecular complexity index is 518. The first kappa shape index (κ1) is 10.2. The fraction of sp³-hybridized carbons (Fsp3) is 0.0769. The maximum absolute atomic E-state index is 8.77. The predicted octanol–water partition coefficient (Wildman–Crippen LogP) is 2.47. The molecule has 0 bridgehead atoms. The van der Waals surface area contributed by atoms with Gasteiger partial charge in [0.1, 0.15) is 6.07 Å². The van der Waals surface area contributed by atoms with Gasteiger partial charge in [-0.3, -0.25) is 0 Å². The van der Waals surface area contributed by atoms with Crippen LogP contribution < -0.4 is 0 Å². The molecule has 0 radical (unpaired) electrons. The highest BCUT2D eigenvalue weighted by Crippen LogP contribution is 2.02. The normalized spacial score (nSPS) is 10.4. The highest BCUT2D eigenvalue weighted by Gasteiger charge is 1.97. The van der Waals surface area contributed by atoms with E-state index < -0.39 is 0 Å². The van der Waals surface area contributed by atoms with Crippen molar-refractivity contribution in [3.63, 3.8) is 0 Å². The van der Waals surface area contributed by atoms with Crippen LogP contribution in [0.2, 0.25) is 0 Å². The lowest BCUT2D eigenvalue weighted by Crippen LogP contribution is -1.96. The standard InChI is InChI=1S/C13H11N3/c14-11-13-15-8-10-16(13)9-4-7-12-5-2-1-3-6-12/h1-8,10H,9H2/b7-4+. The molecule has 3 nitrogen and oxygen atoms in total. The minimum absolute atomic E-state index is 0.442. The van der Waals surface area contributed by atoms with Gasteiger partial charge in [-0.1, -0.05) is 42.5 Å². The first-order valence-corrected chi connectivity index (χ1v) is 5.03. The van der Waals surface area contributed by atoms with Crippen LogP contribution in [0.4, 0.5) is 0 Å². The molecule has 16 heavy (non-hydrogen) atoms. The third kappa shape index (κ3) is 2.37. The van der Waals surface area contributed by atoms with Crippen LogP contribution in [0.5, 0.6) is 0 Å². The van der Waals surface area contributed by atoms with Gasteiger partial charge < -0.3 is 4.57 Å². The molecule has 0 aliphatic carbocycles. The first-order valence-electron chi connectivity index (χ1n) is 5.03. The minimum atomic E-state index is 0.442. The van der Waals surface area contributed by atoms with Crippen molar-refractivity contribution in [1.29, 1.82) is 5.26 Å². The molecular weight excluding hydrogens is 198 g/mol. The first-order chi connectivity index (χ1) is 7.90. The molecule has 0 amide bonds. The largest absolute Gasteiger partial charge is 0.319 e. The van der Waals surface area contributed by atoms with E-state index in [1.807, 2.05) is 48.6 Å². The SMILES string of the molecule is N#Cc1nccn1C/C=C/c1ccccc1. The van der Waals surface area contributed by atoms with Gasteiger partial charge in [0.25, 0.3) is 0 Å². The highest BCUT2D eigenvalue weighted by atomic mass is 15.0. The van der Waals surface area contributed by atoms with E-state index in [1.54, 1.807) is 17.0 Å². The molecule has 2 aromatic rings. The average Bonchev–Trinajstić information content (AvgIpc) is 2.78. The number of rotatable bonds is 3. The van der Waals surface area contributed by atoms with E-state index in [2.05, 4.69) is 4.98 Å². The summed E-state index contributed by atoms with van der Waals surface area (Å²) >= 11 is 0. The van der Waals surface area contributed by atoms with E-state index in [9.17, 15) is 0 Å². The van der Waals surface area contributed by atoms with Crippen LogP contribution in [0.3, 0.4) is 0 Å². The Hall–Kier alpha value is -2.34. The topological polar surface area (TPSA) is 41.6 Å². The summed E-state index contributed by atoms with van der Waals surface area (Å²) in [5.41, 5.74) is 1.15. The second-order valence-electron chi connectivity index (χ2n) is 3.33. The lowest BCUT2D eigenvalue weighted by atomic mass is 10.2. The zero-order valence-corrected chi connectivity index (χ0v) is 8.74. The van der Waals surface area contributed by atoms with Crippen LogP contribution in [0.15, 0.2) is 48.8 Å². The second kappa shape index (κ2) is 4.94. The predicted molar refractivity (Wildman–Crippen MR) is 62.4 cm³/mol. The van der Waals surface area contributed by atoms with E-state index in [0.29, 0.717) is 12.4 Å². The summed E-state index contributed by atoms with van der Waals surface area (Å²) in [7, 11) is 0. The lowest BCUT2D eigenvalue weighted by Gasteiger charge is -1.97. The molecule has 0 fully saturated rings. The molecule has 3 heteroatoms. The Morgan fingerprint density at radius 1 is 1.31 bits per heavy atom. The molecular formula is C13H11N3. The molecule has 0 unspecified atom stereocenters. The molecule has 0 spiro atoms. The fourth-order valence-corrected chi connectivity index (χ4v) is 1.44. The summed E-state index contributed by atoms with van der Waals surface area (Å²) < 4.78 is 1.80. The van der Waals surface area contributed by atoms with Gasteiger partial charge >= 0.3 is 0 Å². The smallest absolute Gasteiger partial charge is 0.213 e. The number of aromatic nitrogens is 2. The highest BCUT2D eigenvalue weighted by molar-refractivity contribution is 5.48. The van der Waals surface area contributed by atoms with E-state index in [0.717, 1.165) is 5.56 Å². The maximum Gasteiger partial charge on any atom is 0.213 e. The number of nitriles is 1. The fourth-order valence-electron chi connectivity index (χ4n) is 1.44. The molecule has 0 saturated heterocycles. The number of hydrogen-bond donors (Lipinski definition) is 0. The van der Waals surface area contributed by atoms with E-state index in [1.165, 1.54) is 0 Å². The van der Waals surface area contributed by atoms with Gasteiger partial charge in [-0.05, 0) is 5.56 Å².